The van der Waals surface area contributed by atoms with E-state index in [4.69, 9.17) is 19.2 Å². The molecule has 28 heavy (non-hydrogen) atoms. The summed E-state index contributed by atoms with van der Waals surface area (Å²) in [5.41, 5.74) is -1.45. The summed E-state index contributed by atoms with van der Waals surface area (Å²) in [5.74, 6) is 0. The third kappa shape index (κ3) is 5.64. The first kappa shape index (κ1) is 24.0. The molecular formula is C20H40N2O6. The minimum absolute atomic E-state index is 0.0116. The lowest BCUT2D eigenvalue weighted by molar-refractivity contribution is -0.385. The van der Waals surface area contributed by atoms with Crippen LogP contribution in [0, 0.1) is 0 Å². The van der Waals surface area contributed by atoms with Gasteiger partial charge >= 0.3 is 0 Å². The minimum Gasteiger partial charge on any atom is -0.349 e. The van der Waals surface area contributed by atoms with Crippen molar-refractivity contribution in [3.8, 4) is 0 Å². The van der Waals surface area contributed by atoms with Gasteiger partial charge in [-0.2, -0.15) is 10.1 Å². The van der Waals surface area contributed by atoms with Gasteiger partial charge in [0.05, 0.1) is 12.2 Å². The predicted octanol–water partition coefficient (Wildman–Crippen LogP) is 3.70. The maximum Gasteiger partial charge on any atom is 0.181 e. The molecule has 2 fully saturated rings. The van der Waals surface area contributed by atoms with Crippen molar-refractivity contribution in [1.29, 1.82) is 0 Å². The molecule has 8 heteroatoms. The predicted molar refractivity (Wildman–Crippen MR) is 104 cm³/mol. The van der Waals surface area contributed by atoms with E-state index in [0.717, 1.165) is 0 Å². The number of hydrogen-bond donors (Lipinski definition) is 2. The molecule has 166 valence electrons. The van der Waals surface area contributed by atoms with Gasteiger partial charge in [0, 0.05) is 22.2 Å². The fraction of sp³-hybridized carbons (Fsp3) is 1.00. The lowest BCUT2D eigenvalue weighted by Gasteiger charge is -2.51. The van der Waals surface area contributed by atoms with Crippen molar-refractivity contribution in [2.45, 2.75) is 115 Å². The van der Waals surface area contributed by atoms with Crippen molar-refractivity contribution in [2.24, 2.45) is 0 Å². The lowest BCUT2D eigenvalue weighted by atomic mass is 9.80. The average molecular weight is 405 g/mol. The van der Waals surface area contributed by atoms with Gasteiger partial charge in [-0.05, 0) is 81.1 Å². The molecule has 2 N–H and O–H groups in total. The summed E-state index contributed by atoms with van der Waals surface area (Å²) < 4.78 is 11.6. The van der Waals surface area contributed by atoms with Crippen molar-refractivity contribution in [2.75, 3.05) is 13.6 Å². The number of hydrogen-bond acceptors (Lipinski definition) is 8. The molecule has 0 atom stereocenters. The van der Waals surface area contributed by atoms with Crippen LogP contribution in [-0.2, 0) is 19.2 Å². The Morgan fingerprint density at radius 3 is 1.11 bits per heavy atom. The van der Waals surface area contributed by atoms with Gasteiger partial charge in [-0.15, -0.1) is 0 Å². The van der Waals surface area contributed by atoms with E-state index in [9.17, 15) is 10.4 Å². The molecule has 0 aromatic carbocycles. The van der Waals surface area contributed by atoms with E-state index in [-0.39, 0.29) is 47.9 Å². The minimum atomic E-state index is -0.364. The molecule has 2 aliphatic rings. The van der Waals surface area contributed by atoms with Gasteiger partial charge in [0.2, 0.25) is 0 Å². The van der Waals surface area contributed by atoms with Crippen LogP contribution in [0.1, 0.15) is 81.1 Å². The van der Waals surface area contributed by atoms with Crippen LogP contribution in [0.4, 0.5) is 0 Å². The van der Waals surface area contributed by atoms with Crippen molar-refractivity contribution in [1.82, 2.24) is 10.1 Å². The second kappa shape index (κ2) is 8.43. The van der Waals surface area contributed by atoms with Gasteiger partial charge in [0.25, 0.3) is 0 Å². The molecule has 0 radical (unpaired) electrons. The molecule has 2 rings (SSSR count). The molecule has 0 bridgehead atoms. The molecular weight excluding hydrogens is 364 g/mol. The van der Waals surface area contributed by atoms with Gasteiger partial charge in [-0.25, -0.2) is 9.78 Å². The van der Waals surface area contributed by atoms with Crippen LogP contribution in [-0.4, -0.2) is 68.5 Å². The van der Waals surface area contributed by atoms with E-state index in [0.29, 0.717) is 25.7 Å². The van der Waals surface area contributed by atoms with Gasteiger partial charge < -0.3 is 19.9 Å². The monoisotopic (exact) mass is 404 g/mol. The van der Waals surface area contributed by atoms with E-state index in [1.807, 2.05) is 55.4 Å². The Labute approximate surface area is 169 Å². The van der Waals surface area contributed by atoms with Crippen LogP contribution in [0.5, 0.6) is 0 Å². The Hall–Kier alpha value is -0.320. The zero-order valence-electron chi connectivity index (χ0n) is 18.8. The molecule has 0 spiro atoms. The second-order valence-corrected chi connectivity index (χ2v) is 10.7. The first-order chi connectivity index (χ1) is 12.7. The molecule has 0 saturated carbocycles. The average Bonchev–Trinajstić information content (AvgIpc) is 2.52. The van der Waals surface area contributed by atoms with E-state index in [1.54, 1.807) is 0 Å². The van der Waals surface area contributed by atoms with Gasteiger partial charge in [0.15, 0.2) is 13.6 Å². The zero-order valence-corrected chi connectivity index (χ0v) is 18.8. The Bertz CT molecular complexity index is 441. The molecule has 0 aromatic rings. The summed E-state index contributed by atoms with van der Waals surface area (Å²) in [6.45, 7) is 16.0. The summed E-state index contributed by atoms with van der Waals surface area (Å²) in [6, 6.07) is 0. The Kier molecular flexibility index (Phi) is 7.21. The van der Waals surface area contributed by atoms with Crippen LogP contribution in [0.2, 0.25) is 0 Å². The molecule has 0 unspecified atom stereocenters. The van der Waals surface area contributed by atoms with Crippen molar-refractivity contribution >= 4 is 0 Å². The fourth-order valence-corrected chi connectivity index (χ4v) is 4.91. The molecule has 8 nitrogen and oxygen atoms in total. The Morgan fingerprint density at radius 2 is 0.857 bits per heavy atom. The summed E-state index contributed by atoms with van der Waals surface area (Å²) >= 11 is 0. The smallest absolute Gasteiger partial charge is 0.181 e. The third-order valence-electron chi connectivity index (χ3n) is 5.99. The quantitative estimate of drug-likeness (QED) is 0.288. The maximum atomic E-state index is 10.3. The zero-order chi connectivity index (χ0) is 21.4. The first-order valence-corrected chi connectivity index (χ1v) is 10.1. The highest BCUT2D eigenvalue weighted by molar-refractivity contribution is 4.97. The number of rotatable bonds is 7. The van der Waals surface area contributed by atoms with Gasteiger partial charge in [0.1, 0.15) is 0 Å². The topological polar surface area (TPSA) is 83.9 Å². The Morgan fingerprint density at radius 1 is 0.607 bits per heavy atom. The van der Waals surface area contributed by atoms with Crippen LogP contribution in [0.3, 0.4) is 0 Å². The van der Waals surface area contributed by atoms with E-state index >= 15 is 0 Å². The van der Waals surface area contributed by atoms with Crippen LogP contribution in [0.25, 0.3) is 0 Å². The summed E-state index contributed by atoms with van der Waals surface area (Å²) in [6.07, 6.45) is 2.78. The van der Waals surface area contributed by atoms with E-state index < -0.39 is 0 Å². The number of ether oxygens (including phenoxy) is 2. The lowest BCUT2D eigenvalue weighted by Crippen LogP contribution is -2.60. The molecule has 2 heterocycles. The molecule has 0 amide bonds. The van der Waals surface area contributed by atoms with Crippen molar-refractivity contribution in [3.63, 3.8) is 0 Å². The highest BCUT2D eigenvalue weighted by Crippen LogP contribution is 2.39. The molecule has 0 aromatic heterocycles. The van der Waals surface area contributed by atoms with Crippen molar-refractivity contribution in [3.05, 3.63) is 0 Å². The van der Waals surface area contributed by atoms with Crippen LogP contribution < -0.4 is 0 Å². The highest BCUT2D eigenvalue weighted by atomic mass is 17.2. The van der Waals surface area contributed by atoms with Gasteiger partial charge in [-0.3, -0.25) is 0 Å². The fourth-order valence-electron chi connectivity index (χ4n) is 4.91. The van der Waals surface area contributed by atoms with Crippen molar-refractivity contribution < 1.29 is 29.7 Å². The third-order valence-corrected chi connectivity index (χ3v) is 5.99. The maximum absolute atomic E-state index is 10.3. The standard InChI is InChI=1S/C20H40N2O6/c1-17(2)9-15(10-18(3,4)21(17)23)25-13-27-28-14-26-16-11-19(5,6)22(24)20(7,8)12-16/h15-16,23-24H,9-14H2,1-8H3. The Balaban J connectivity index is 1.67. The molecule has 2 saturated heterocycles. The number of piperidine rings is 2. The van der Waals surface area contributed by atoms with Crippen LogP contribution >= 0.6 is 0 Å². The van der Waals surface area contributed by atoms with E-state index in [1.165, 1.54) is 10.1 Å². The normalized spacial score (nSPS) is 28.5. The number of hydroxylamine groups is 4. The van der Waals surface area contributed by atoms with Gasteiger partial charge in [-0.1, -0.05) is 0 Å². The summed E-state index contributed by atoms with van der Waals surface area (Å²) in [4.78, 5) is 10.3. The van der Waals surface area contributed by atoms with E-state index in [2.05, 4.69) is 0 Å². The second-order valence-electron chi connectivity index (χ2n) is 10.7. The first-order valence-electron chi connectivity index (χ1n) is 10.1. The highest BCUT2D eigenvalue weighted by Gasteiger charge is 2.46. The SMILES string of the molecule is CC1(C)CC(OCOOCOC2CC(C)(C)N(O)C(C)(C)C2)CC(C)(C)N1O. The molecule has 2 aliphatic heterocycles. The summed E-state index contributed by atoms with van der Waals surface area (Å²) in [7, 11) is 0. The largest absolute Gasteiger partial charge is 0.349 e. The molecule has 0 aliphatic carbocycles. The summed E-state index contributed by atoms with van der Waals surface area (Å²) in [5, 5.41) is 23.5. The van der Waals surface area contributed by atoms with Crippen LogP contribution in [0.15, 0.2) is 0 Å². The number of nitrogens with zero attached hydrogens (tertiary/aromatic N) is 2.